The van der Waals surface area contributed by atoms with Crippen LogP contribution < -0.4 is 4.74 Å². The summed E-state index contributed by atoms with van der Waals surface area (Å²) in [5.74, 6) is -1.15. The molecule has 6 unspecified atom stereocenters. The fourth-order valence-corrected chi connectivity index (χ4v) is 5.00. The first-order valence-corrected chi connectivity index (χ1v) is 11.7. The molecule has 1 saturated heterocycles. The Morgan fingerprint density at radius 1 is 1.25 bits per heavy atom. The van der Waals surface area contributed by atoms with E-state index in [-0.39, 0.29) is 12.1 Å². The number of aromatic nitrogens is 5. The van der Waals surface area contributed by atoms with Crippen molar-refractivity contribution in [2.75, 3.05) is 0 Å². The predicted molar refractivity (Wildman–Crippen MR) is 121 cm³/mol. The van der Waals surface area contributed by atoms with Crippen LogP contribution in [0.25, 0.3) is 22.3 Å². The van der Waals surface area contributed by atoms with Crippen LogP contribution >= 0.6 is 0 Å². The van der Waals surface area contributed by atoms with Gasteiger partial charge in [0.05, 0.1) is 30.4 Å². The van der Waals surface area contributed by atoms with E-state index in [0.29, 0.717) is 34.6 Å². The molecule has 2 fully saturated rings. The summed E-state index contributed by atoms with van der Waals surface area (Å²) in [6.45, 7) is 0. The minimum Gasteiger partial charge on any atom is -0.479 e. The Morgan fingerprint density at radius 3 is 2.75 bits per heavy atom. The van der Waals surface area contributed by atoms with Gasteiger partial charge in [0, 0.05) is 23.3 Å². The van der Waals surface area contributed by atoms with Crippen molar-refractivity contribution in [3.8, 4) is 23.3 Å². The molecule has 36 heavy (non-hydrogen) atoms. The minimum atomic E-state index is -1.84. The highest BCUT2D eigenvalue weighted by molar-refractivity contribution is 5.90. The lowest BCUT2D eigenvalue weighted by Crippen LogP contribution is -2.61. The topological polar surface area (TPSA) is 200 Å². The number of aromatic amines is 1. The number of nitriles is 1. The molecule has 5 N–H and O–H groups in total. The van der Waals surface area contributed by atoms with Gasteiger partial charge in [-0.15, -0.1) is 0 Å². The van der Waals surface area contributed by atoms with Crippen LogP contribution in [-0.2, 0) is 9.53 Å². The highest BCUT2D eigenvalue weighted by atomic mass is 16.7. The fraction of sp³-hybridized carbons (Fsp3) is 0.522. The zero-order valence-electron chi connectivity index (χ0n) is 19.1. The molecule has 4 heterocycles. The summed E-state index contributed by atoms with van der Waals surface area (Å²) in [5, 5.41) is 54.1. The maximum Gasteiger partial charge on any atom is 0.335 e. The van der Waals surface area contributed by atoms with Gasteiger partial charge in [-0.3, -0.25) is 4.68 Å². The van der Waals surface area contributed by atoms with E-state index >= 15 is 0 Å². The van der Waals surface area contributed by atoms with Crippen LogP contribution in [0, 0.1) is 17.2 Å². The molecule has 13 nitrogen and oxygen atoms in total. The Bertz CT molecular complexity index is 1280. The number of hydrogen-bond acceptors (Lipinski definition) is 10. The van der Waals surface area contributed by atoms with Crippen molar-refractivity contribution < 1.29 is 34.7 Å². The third kappa shape index (κ3) is 4.40. The van der Waals surface area contributed by atoms with Crippen LogP contribution in [0.1, 0.15) is 38.1 Å². The van der Waals surface area contributed by atoms with Crippen molar-refractivity contribution in [3.63, 3.8) is 0 Å². The van der Waals surface area contributed by atoms with Gasteiger partial charge in [0.1, 0.15) is 24.0 Å². The van der Waals surface area contributed by atoms with Gasteiger partial charge in [0.15, 0.2) is 6.10 Å². The van der Waals surface area contributed by atoms with Gasteiger partial charge in [-0.1, -0.05) is 12.8 Å². The number of aliphatic carboxylic acids is 1. The zero-order chi connectivity index (χ0) is 25.4. The summed E-state index contributed by atoms with van der Waals surface area (Å²) < 4.78 is 12.6. The number of carboxylic acids is 1. The Hall–Kier alpha value is -3.57. The van der Waals surface area contributed by atoms with Crippen molar-refractivity contribution in [2.24, 2.45) is 5.92 Å². The van der Waals surface area contributed by atoms with Gasteiger partial charge in [-0.25, -0.2) is 4.79 Å². The van der Waals surface area contributed by atoms with E-state index in [0.717, 1.165) is 25.7 Å². The molecule has 3 aromatic rings. The van der Waals surface area contributed by atoms with E-state index in [1.54, 1.807) is 23.1 Å². The molecule has 0 spiro atoms. The molecule has 6 atom stereocenters. The summed E-state index contributed by atoms with van der Waals surface area (Å²) >= 11 is 0. The molecular formula is C23H26N6O7. The largest absolute Gasteiger partial charge is 0.479 e. The predicted octanol–water partition coefficient (Wildman–Crippen LogP) is 0.737. The number of rotatable bonds is 7. The maximum atomic E-state index is 11.4. The second-order valence-electron chi connectivity index (χ2n) is 9.13. The number of hydrogen-bond donors (Lipinski definition) is 5. The lowest BCUT2D eigenvalue weighted by Gasteiger charge is -2.37. The average Bonchev–Trinajstić information content (AvgIpc) is 3.64. The Kier molecular flexibility index (Phi) is 6.59. The number of carboxylic acid groups (broad SMARTS) is 1. The monoisotopic (exact) mass is 498 g/mol. The smallest absolute Gasteiger partial charge is 0.335 e. The van der Waals surface area contributed by atoms with Crippen LogP contribution in [0.4, 0.5) is 0 Å². The molecular weight excluding hydrogens is 472 g/mol. The number of nitrogens with one attached hydrogen (secondary N) is 1. The number of aliphatic hydroxyl groups is 3. The molecule has 1 aliphatic carbocycles. The molecule has 2 aliphatic rings. The maximum absolute atomic E-state index is 11.4. The van der Waals surface area contributed by atoms with Crippen LogP contribution in [0.3, 0.4) is 0 Å². The lowest BCUT2D eigenvalue weighted by atomic mass is 9.96. The minimum absolute atomic E-state index is 0.0443. The van der Waals surface area contributed by atoms with Gasteiger partial charge >= 0.3 is 12.0 Å². The first-order valence-electron chi connectivity index (χ1n) is 11.7. The Morgan fingerprint density at radius 2 is 2.03 bits per heavy atom. The number of aliphatic hydroxyl groups excluding tert-OH is 3. The number of nitrogens with zero attached hydrogens (tertiary/aromatic N) is 5. The molecule has 13 heteroatoms. The third-order valence-corrected chi connectivity index (χ3v) is 6.89. The first-order chi connectivity index (χ1) is 17.4. The highest BCUT2D eigenvalue weighted by Crippen LogP contribution is 2.37. The van der Waals surface area contributed by atoms with E-state index in [9.17, 15) is 30.5 Å². The van der Waals surface area contributed by atoms with Gasteiger partial charge in [-0.05, 0) is 24.8 Å². The van der Waals surface area contributed by atoms with Gasteiger partial charge in [-0.2, -0.15) is 20.3 Å². The lowest BCUT2D eigenvalue weighted by molar-refractivity contribution is -0.272. The van der Waals surface area contributed by atoms with Gasteiger partial charge in [0.2, 0.25) is 6.29 Å². The summed E-state index contributed by atoms with van der Waals surface area (Å²) in [6.07, 6.45) is 1.01. The second-order valence-corrected chi connectivity index (χ2v) is 9.13. The summed E-state index contributed by atoms with van der Waals surface area (Å²) in [7, 11) is 0. The second kappa shape index (κ2) is 9.82. The van der Waals surface area contributed by atoms with Crippen LogP contribution in [-0.4, -0.2) is 81.8 Å². The third-order valence-electron chi connectivity index (χ3n) is 6.89. The molecule has 1 saturated carbocycles. The van der Waals surface area contributed by atoms with Crippen LogP contribution in [0.15, 0.2) is 24.7 Å². The molecule has 190 valence electrons. The summed E-state index contributed by atoms with van der Waals surface area (Å²) in [4.78, 5) is 23.1. The fourth-order valence-electron chi connectivity index (χ4n) is 5.00. The van der Waals surface area contributed by atoms with Crippen molar-refractivity contribution >= 4 is 17.0 Å². The van der Waals surface area contributed by atoms with E-state index in [2.05, 4.69) is 26.1 Å². The zero-order valence-corrected chi connectivity index (χ0v) is 19.1. The molecule has 0 bridgehead atoms. The van der Waals surface area contributed by atoms with Crippen LogP contribution in [0.5, 0.6) is 6.01 Å². The molecule has 0 amide bonds. The van der Waals surface area contributed by atoms with Crippen molar-refractivity contribution in [3.05, 3.63) is 24.7 Å². The number of ether oxygens (including phenoxy) is 2. The van der Waals surface area contributed by atoms with E-state index < -0.39 is 36.7 Å². The Balaban J connectivity index is 1.46. The average molecular weight is 498 g/mol. The van der Waals surface area contributed by atoms with Gasteiger partial charge < -0.3 is 34.9 Å². The van der Waals surface area contributed by atoms with E-state index in [1.807, 2.05) is 6.20 Å². The van der Waals surface area contributed by atoms with Crippen LogP contribution in [0.2, 0.25) is 0 Å². The van der Waals surface area contributed by atoms with E-state index in [1.165, 1.54) is 0 Å². The normalized spacial score (nSPS) is 27.7. The molecule has 1 aliphatic heterocycles. The number of carbonyl (C=O) groups is 1. The van der Waals surface area contributed by atoms with E-state index in [4.69, 9.17) is 9.47 Å². The summed E-state index contributed by atoms with van der Waals surface area (Å²) in [6, 6.07) is 3.76. The highest BCUT2D eigenvalue weighted by Gasteiger charge is 2.48. The number of H-pyrrole nitrogens is 1. The standard InChI is InChI=1S/C23H26N6O7/c24-7-5-14(11-3-1-2-4-11)29-10-12(9-26-29)15-13-6-8-25-20(13)28-23(27-15)36-22-18(32)16(30)17(31)19(35-22)21(33)34/h6,8-11,14,16-19,22,30-32H,1-5H2,(H,33,34)(H,25,27,28). The Labute approximate surface area is 204 Å². The molecule has 0 radical (unpaired) electrons. The van der Waals surface area contributed by atoms with Crippen molar-refractivity contribution in [1.29, 1.82) is 5.26 Å². The number of fused-ring (bicyclic) bond motifs is 1. The molecule has 3 aromatic heterocycles. The molecule has 5 rings (SSSR count). The van der Waals surface area contributed by atoms with Crippen molar-refractivity contribution in [2.45, 2.75) is 68.9 Å². The SMILES string of the molecule is N#CCC(C1CCCC1)n1cc(-c2nc(OC3OC(C(=O)O)C(O)C(O)C3O)nc3[nH]ccc23)cn1. The first kappa shape index (κ1) is 24.1. The van der Waals surface area contributed by atoms with Crippen molar-refractivity contribution in [1.82, 2.24) is 24.7 Å². The molecule has 0 aromatic carbocycles. The summed E-state index contributed by atoms with van der Waals surface area (Å²) in [5.41, 5.74) is 1.52. The quantitative estimate of drug-likeness (QED) is 0.308. The van der Waals surface area contributed by atoms with Gasteiger partial charge in [0.25, 0.3) is 0 Å².